The Morgan fingerprint density at radius 1 is 1.38 bits per heavy atom. The van der Waals surface area contributed by atoms with Crippen molar-refractivity contribution in [2.75, 3.05) is 13.6 Å². The van der Waals surface area contributed by atoms with Gasteiger partial charge in [-0.25, -0.2) is 0 Å². The third-order valence-electron chi connectivity index (χ3n) is 2.93. The lowest BCUT2D eigenvalue weighted by molar-refractivity contribution is 0.296. The lowest BCUT2D eigenvalue weighted by atomic mass is 10.2. The van der Waals surface area contributed by atoms with Gasteiger partial charge in [0.25, 0.3) is 0 Å². The van der Waals surface area contributed by atoms with Gasteiger partial charge in [-0.3, -0.25) is 0 Å². The summed E-state index contributed by atoms with van der Waals surface area (Å²) in [5.74, 6) is 0. The van der Waals surface area contributed by atoms with Crippen molar-refractivity contribution in [1.29, 1.82) is 0 Å². The Hall–Kier alpha value is -0.280. The van der Waals surface area contributed by atoms with Crippen molar-refractivity contribution in [3.63, 3.8) is 0 Å². The van der Waals surface area contributed by atoms with Crippen LogP contribution in [-0.4, -0.2) is 24.0 Å². The minimum Gasteiger partial charge on any atom is -0.324 e. The molecule has 0 amide bonds. The number of rotatable bonds is 4. The molecule has 0 aromatic heterocycles. The molecule has 0 heterocycles. The number of nitrogens with two attached hydrogens (primary N) is 1. The molecule has 0 saturated heterocycles. The summed E-state index contributed by atoms with van der Waals surface area (Å²) in [5.41, 5.74) is 7.21. The monoisotopic (exact) mass is 258 g/mol. The predicted octanol–water partition coefficient (Wildman–Crippen LogP) is 2.92. The normalized spacial score (nSPS) is 17.8. The second-order valence-electron chi connectivity index (χ2n) is 4.77. The van der Waals surface area contributed by atoms with Crippen molar-refractivity contribution < 1.29 is 0 Å². The highest BCUT2D eigenvalue weighted by atomic mass is 35.5. The van der Waals surface area contributed by atoms with E-state index in [1.807, 2.05) is 12.1 Å². The van der Waals surface area contributed by atoms with Crippen molar-refractivity contribution in [1.82, 2.24) is 4.90 Å². The van der Waals surface area contributed by atoms with Crippen molar-refractivity contribution in [2.45, 2.75) is 24.9 Å². The van der Waals surface area contributed by atoms with Gasteiger partial charge in [0.15, 0.2) is 0 Å². The van der Waals surface area contributed by atoms with Crippen molar-refractivity contribution in [2.24, 2.45) is 5.73 Å². The quantitative estimate of drug-likeness (QED) is 0.900. The molecular formula is C12H16Cl2N2. The van der Waals surface area contributed by atoms with E-state index in [9.17, 15) is 0 Å². The molecule has 2 rings (SSSR count). The molecule has 2 nitrogen and oxygen atoms in total. The molecular weight excluding hydrogens is 243 g/mol. The Morgan fingerprint density at radius 3 is 2.62 bits per heavy atom. The van der Waals surface area contributed by atoms with Crippen LogP contribution < -0.4 is 5.73 Å². The van der Waals surface area contributed by atoms with E-state index in [1.54, 1.807) is 6.07 Å². The molecule has 4 heteroatoms. The smallest absolute Gasteiger partial charge is 0.0465 e. The van der Waals surface area contributed by atoms with Crippen molar-refractivity contribution in [3.8, 4) is 0 Å². The number of benzene rings is 1. The minimum absolute atomic E-state index is 0.0493. The van der Waals surface area contributed by atoms with E-state index in [2.05, 4.69) is 11.9 Å². The standard InChI is InChI=1S/C12H16Cl2N2/c1-16(8-12(15)4-5-12)7-9-2-3-10(13)6-11(9)14/h2-3,6H,4-5,7-8,15H2,1H3. The lowest BCUT2D eigenvalue weighted by Gasteiger charge is -2.21. The molecule has 1 aliphatic carbocycles. The van der Waals surface area contributed by atoms with Crippen LogP contribution in [-0.2, 0) is 6.54 Å². The van der Waals surface area contributed by atoms with Gasteiger partial charge in [0.05, 0.1) is 0 Å². The fraction of sp³-hybridized carbons (Fsp3) is 0.500. The first-order valence-electron chi connectivity index (χ1n) is 5.40. The number of nitrogens with zero attached hydrogens (tertiary/aromatic N) is 1. The summed E-state index contributed by atoms with van der Waals surface area (Å²) in [7, 11) is 2.07. The van der Waals surface area contributed by atoms with E-state index in [4.69, 9.17) is 28.9 Å². The van der Waals surface area contributed by atoms with Gasteiger partial charge in [-0.05, 0) is 37.6 Å². The third-order valence-corrected chi connectivity index (χ3v) is 3.52. The average Bonchev–Trinajstić information content (AvgIpc) is 2.88. The number of likely N-dealkylation sites (N-methyl/N-ethyl adjacent to an activating group) is 1. The Bertz CT molecular complexity index is 389. The molecule has 0 radical (unpaired) electrons. The largest absolute Gasteiger partial charge is 0.324 e. The summed E-state index contributed by atoms with van der Waals surface area (Å²) >= 11 is 12.0. The first-order chi connectivity index (χ1) is 7.48. The predicted molar refractivity (Wildman–Crippen MR) is 68.9 cm³/mol. The maximum atomic E-state index is 6.12. The van der Waals surface area contributed by atoms with Gasteiger partial charge >= 0.3 is 0 Å². The van der Waals surface area contributed by atoms with Gasteiger partial charge in [0, 0.05) is 28.7 Å². The van der Waals surface area contributed by atoms with Crippen LogP contribution in [0.3, 0.4) is 0 Å². The molecule has 1 aromatic carbocycles. The zero-order valence-electron chi connectivity index (χ0n) is 9.34. The molecule has 2 N–H and O–H groups in total. The van der Waals surface area contributed by atoms with Crippen LogP contribution in [0.15, 0.2) is 18.2 Å². The zero-order chi connectivity index (χ0) is 11.8. The molecule has 88 valence electrons. The van der Waals surface area contributed by atoms with Crippen molar-refractivity contribution >= 4 is 23.2 Å². The minimum atomic E-state index is 0.0493. The second kappa shape index (κ2) is 4.53. The SMILES string of the molecule is CN(Cc1ccc(Cl)cc1Cl)CC1(N)CC1. The Balaban J connectivity index is 1.97. The summed E-state index contributed by atoms with van der Waals surface area (Å²) in [5, 5.41) is 1.40. The fourth-order valence-electron chi connectivity index (χ4n) is 1.85. The van der Waals surface area contributed by atoms with Gasteiger partial charge in [-0.15, -0.1) is 0 Å². The molecule has 0 aliphatic heterocycles. The second-order valence-corrected chi connectivity index (χ2v) is 5.61. The van der Waals surface area contributed by atoms with Crippen LogP contribution in [0.5, 0.6) is 0 Å². The topological polar surface area (TPSA) is 29.3 Å². The Labute approximate surface area is 106 Å². The molecule has 0 atom stereocenters. The van der Waals surface area contributed by atoms with Crippen LogP contribution in [0.4, 0.5) is 0 Å². The Morgan fingerprint density at radius 2 is 2.06 bits per heavy atom. The van der Waals surface area contributed by atoms with Gasteiger partial charge in [0.2, 0.25) is 0 Å². The van der Waals surface area contributed by atoms with Crippen LogP contribution in [0.1, 0.15) is 18.4 Å². The van der Waals surface area contributed by atoms with Gasteiger partial charge in [-0.2, -0.15) is 0 Å². The van der Waals surface area contributed by atoms with Gasteiger partial charge < -0.3 is 10.6 Å². The first-order valence-corrected chi connectivity index (χ1v) is 6.15. The van der Waals surface area contributed by atoms with E-state index >= 15 is 0 Å². The number of hydrogen-bond donors (Lipinski definition) is 1. The summed E-state index contributed by atoms with van der Waals surface area (Å²) in [6.45, 7) is 1.74. The number of halogens is 2. The first kappa shape index (κ1) is 12.2. The van der Waals surface area contributed by atoms with Crippen molar-refractivity contribution in [3.05, 3.63) is 33.8 Å². The molecule has 1 fully saturated rings. The average molecular weight is 259 g/mol. The van der Waals surface area contributed by atoms with Crippen LogP contribution in [0.25, 0.3) is 0 Å². The molecule has 0 spiro atoms. The van der Waals surface area contributed by atoms with Crippen LogP contribution >= 0.6 is 23.2 Å². The fourth-order valence-corrected chi connectivity index (χ4v) is 2.32. The van der Waals surface area contributed by atoms with Crippen LogP contribution in [0.2, 0.25) is 10.0 Å². The summed E-state index contributed by atoms with van der Waals surface area (Å²) in [4.78, 5) is 2.21. The third kappa shape index (κ3) is 3.11. The lowest BCUT2D eigenvalue weighted by Crippen LogP contribution is -2.36. The van der Waals surface area contributed by atoms with Gasteiger partial charge in [0.1, 0.15) is 0 Å². The Kier molecular flexibility index (Phi) is 3.45. The van der Waals surface area contributed by atoms with Gasteiger partial charge in [-0.1, -0.05) is 29.3 Å². The molecule has 0 unspecified atom stereocenters. The molecule has 1 saturated carbocycles. The number of hydrogen-bond acceptors (Lipinski definition) is 2. The van der Waals surface area contributed by atoms with E-state index in [0.29, 0.717) is 5.02 Å². The van der Waals surface area contributed by atoms with E-state index < -0.39 is 0 Å². The highest BCUT2D eigenvalue weighted by molar-refractivity contribution is 6.35. The van der Waals surface area contributed by atoms with Crippen LogP contribution in [0, 0.1) is 0 Å². The molecule has 0 bridgehead atoms. The summed E-state index contributed by atoms with van der Waals surface area (Å²) < 4.78 is 0. The van der Waals surface area contributed by atoms with E-state index in [-0.39, 0.29) is 5.54 Å². The zero-order valence-corrected chi connectivity index (χ0v) is 10.9. The molecule has 16 heavy (non-hydrogen) atoms. The highest BCUT2D eigenvalue weighted by Crippen LogP contribution is 2.33. The maximum absolute atomic E-state index is 6.12. The summed E-state index contributed by atoms with van der Waals surface area (Å²) in [6.07, 6.45) is 2.26. The molecule has 1 aromatic rings. The van der Waals surface area contributed by atoms with E-state index in [0.717, 1.165) is 36.5 Å². The summed E-state index contributed by atoms with van der Waals surface area (Å²) in [6, 6.07) is 5.62. The molecule has 1 aliphatic rings. The highest BCUT2D eigenvalue weighted by Gasteiger charge is 2.38. The van der Waals surface area contributed by atoms with E-state index in [1.165, 1.54) is 0 Å². The maximum Gasteiger partial charge on any atom is 0.0465 e.